The molecule has 0 heterocycles. The summed E-state index contributed by atoms with van der Waals surface area (Å²) in [5, 5.41) is 23.0. The van der Waals surface area contributed by atoms with Crippen molar-refractivity contribution < 1.29 is 4.92 Å². The summed E-state index contributed by atoms with van der Waals surface area (Å²) in [6, 6.07) is 6.59. The van der Waals surface area contributed by atoms with Crippen LogP contribution in [0.4, 0.5) is 11.4 Å². The Bertz CT molecular complexity index is 524. The van der Waals surface area contributed by atoms with E-state index in [1.54, 1.807) is 6.07 Å². The number of anilines is 1. The predicted molar refractivity (Wildman–Crippen MR) is 71.7 cm³/mol. The van der Waals surface area contributed by atoms with E-state index in [-0.39, 0.29) is 23.3 Å². The van der Waals surface area contributed by atoms with Gasteiger partial charge in [0.05, 0.1) is 4.92 Å². The van der Waals surface area contributed by atoms with E-state index in [4.69, 9.17) is 11.0 Å². The average molecular weight is 260 g/mol. The van der Waals surface area contributed by atoms with Crippen molar-refractivity contribution in [3.63, 3.8) is 0 Å². The van der Waals surface area contributed by atoms with Gasteiger partial charge in [-0.2, -0.15) is 5.26 Å². The lowest BCUT2D eigenvalue weighted by atomic mass is 9.91. The normalized spacial score (nSPS) is 22.5. The summed E-state index contributed by atoms with van der Waals surface area (Å²) in [6.45, 7) is 0. The highest BCUT2D eigenvalue weighted by Crippen LogP contribution is 2.26. The number of hydrogen-bond donors (Lipinski definition) is 2. The number of rotatable bonds is 3. The maximum atomic E-state index is 10.9. The Morgan fingerprint density at radius 1 is 1.42 bits per heavy atom. The molecule has 6 nitrogen and oxygen atoms in total. The number of nitro groups is 1. The van der Waals surface area contributed by atoms with Crippen LogP contribution in [0, 0.1) is 21.4 Å². The molecule has 2 rings (SSSR count). The fourth-order valence-corrected chi connectivity index (χ4v) is 2.42. The second kappa shape index (κ2) is 5.67. The van der Waals surface area contributed by atoms with Crippen molar-refractivity contribution >= 4 is 11.4 Å². The summed E-state index contributed by atoms with van der Waals surface area (Å²) >= 11 is 0. The van der Waals surface area contributed by atoms with E-state index in [1.165, 1.54) is 12.1 Å². The van der Waals surface area contributed by atoms with E-state index in [0.29, 0.717) is 5.69 Å². The number of nitriles is 1. The molecule has 0 aromatic heterocycles. The van der Waals surface area contributed by atoms with Gasteiger partial charge in [-0.3, -0.25) is 10.1 Å². The lowest BCUT2D eigenvalue weighted by Crippen LogP contribution is -2.42. The second-order valence-corrected chi connectivity index (χ2v) is 4.80. The first kappa shape index (κ1) is 13.3. The SMILES string of the molecule is N#Cc1ccc(N[C@@H]2CCCC[C@H]2N)cc1[N+](=O)[O-]. The van der Waals surface area contributed by atoms with Crippen LogP contribution in [0.25, 0.3) is 0 Å². The quantitative estimate of drug-likeness (QED) is 0.640. The van der Waals surface area contributed by atoms with Crippen molar-refractivity contribution in [2.24, 2.45) is 5.73 Å². The molecule has 0 spiro atoms. The molecule has 6 heteroatoms. The Balaban J connectivity index is 2.19. The zero-order valence-corrected chi connectivity index (χ0v) is 10.5. The Kier molecular flexibility index (Phi) is 3.97. The number of hydrogen-bond acceptors (Lipinski definition) is 5. The van der Waals surface area contributed by atoms with Gasteiger partial charge in [0.2, 0.25) is 0 Å². The van der Waals surface area contributed by atoms with E-state index >= 15 is 0 Å². The molecule has 1 fully saturated rings. The third-order valence-electron chi connectivity index (χ3n) is 3.49. The molecule has 1 aromatic rings. The molecule has 0 unspecified atom stereocenters. The van der Waals surface area contributed by atoms with Crippen molar-refractivity contribution in [1.82, 2.24) is 0 Å². The number of nitrogens with one attached hydrogen (secondary N) is 1. The summed E-state index contributed by atoms with van der Waals surface area (Å²) in [7, 11) is 0. The monoisotopic (exact) mass is 260 g/mol. The first-order chi connectivity index (χ1) is 9.11. The topological polar surface area (TPSA) is 105 Å². The van der Waals surface area contributed by atoms with Gasteiger partial charge in [0.25, 0.3) is 5.69 Å². The molecule has 1 saturated carbocycles. The second-order valence-electron chi connectivity index (χ2n) is 4.80. The molecule has 1 aliphatic carbocycles. The Morgan fingerprint density at radius 2 is 2.16 bits per heavy atom. The average Bonchev–Trinajstić information content (AvgIpc) is 2.41. The third kappa shape index (κ3) is 3.01. The fraction of sp³-hybridized carbons (Fsp3) is 0.462. The highest BCUT2D eigenvalue weighted by atomic mass is 16.6. The highest BCUT2D eigenvalue weighted by Gasteiger charge is 2.22. The molecule has 0 bridgehead atoms. The maximum absolute atomic E-state index is 10.9. The minimum atomic E-state index is -0.537. The Morgan fingerprint density at radius 3 is 2.79 bits per heavy atom. The van der Waals surface area contributed by atoms with Crippen LogP contribution in [-0.2, 0) is 0 Å². The summed E-state index contributed by atoms with van der Waals surface area (Å²) in [5.41, 5.74) is 6.58. The molecule has 0 saturated heterocycles. The van der Waals surface area contributed by atoms with Gasteiger partial charge in [-0.25, -0.2) is 0 Å². The van der Waals surface area contributed by atoms with Crippen LogP contribution in [0.5, 0.6) is 0 Å². The van der Waals surface area contributed by atoms with Crippen molar-refractivity contribution in [2.75, 3.05) is 5.32 Å². The largest absolute Gasteiger partial charge is 0.381 e. The van der Waals surface area contributed by atoms with Crippen LogP contribution >= 0.6 is 0 Å². The number of nitro benzene ring substituents is 1. The minimum Gasteiger partial charge on any atom is -0.381 e. The van der Waals surface area contributed by atoms with Crippen molar-refractivity contribution in [2.45, 2.75) is 37.8 Å². The fourth-order valence-electron chi connectivity index (χ4n) is 2.42. The zero-order valence-electron chi connectivity index (χ0n) is 10.5. The molecule has 2 atom stereocenters. The van der Waals surface area contributed by atoms with Crippen LogP contribution in [0.15, 0.2) is 18.2 Å². The van der Waals surface area contributed by atoms with Gasteiger partial charge in [-0.15, -0.1) is 0 Å². The van der Waals surface area contributed by atoms with Crippen molar-refractivity contribution in [3.05, 3.63) is 33.9 Å². The summed E-state index contributed by atoms with van der Waals surface area (Å²) in [4.78, 5) is 10.4. The van der Waals surface area contributed by atoms with Crippen LogP contribution in [0.3, 0.4) is 0 Å². The first-order valence-corrected chi connectivity index (χ1v) is 6.32. The van der Waals surface area contributed by atoms with Gasteiger partial charge >= 0.3 is 0 Å². The Labute approximate surface area is 111 Å². The van der Waals surface area contributed by atoms with Gasteiger partial charge in [0, 0.05) is 23.8 Å². The number of nitrogens with zero attached hydrogens (tertiary/aromatic N) is 2. The molecule has 1 aromatic carbocycles. The molecule has 0 aliphatic heterocycles. The van der Waals surface area contributed by atoms with Crippen molar-refractivity contribution in [3.8, 4) is 6.07 Å². The molecular formula is C13H16N4O2. The zero-order chi connectivity index (χ0) is 13.8. The summed E-state index contributed by atoms with van der Waals surface area (Å²) in [5.74, 6) is 0. The van der Waals surface area contributed by atoms with Crippen LogP contribution in [0.1, 0.15) is 31.2 Å². The van der Waals surface area contributed by atoms with E-state index in [9.17, 15) is 10.1 Å². The van der Waals surface area contributed by atoms with Crippen molar-refractivity contribution in [1.29, 1.82) is 5.26 Å². The van der Waals surface area contributed by atoms with Gasteiger partial charge in [0.1, 0.15) is 11.6 Å². The van der Waals surface area contributed by atoms with Crippen LogP contribution in [-0.4, -0.2) is 17.0 Å². The van der Waals surface area contributed by atoms with Crippen LogP contribution in [0.2, 0.25) is 0 Å². The van der Waals surface area contributed by atoms with E-state index in [1.807, 2.05) is 6.07 Å². The molecule has 0 amide bonds. The molecule has 1 aliphatic rings. The number of nitrogens with two attached hydrogens (primary N) is 1. The molecular weight excluding hydrogens is 244 g/mol. The lowest BCUT2D eigenvalue weighted by molar-refractivity contribution is -0.385. The minimum absolute atomic E-state index is 0.0726. The first-order valence-electron chi connectivity index (χ1n) is 6.32. The molecule has 100 valence electrons. The lowest BCUT2D eigenvalue weighted by Gasteiger charge is -2.30. The number of benzene rings is 1. The molecule has 0 radical (unpaired) electrons. The van der Waals surface area contributed by atoms with E-state index in [2.05, 4.69) is 5.32 Å². The predicted octanol–water partition coefficient (Wildman–Crippen LogP) is 2.15. The summed E-state index contributed by atoms with van der Waals surface area (Å²) in [6.07, 6.45) is 4.18. The summed E-state index contributed by atoms with van der Waals surface area (Å²) < 4.78 is 0. The molecule has 3 N–H and O–H groups in total. The molecule has 19 heavy (non-hydrogen) atoms. The van der Waals surface area contributed by atoms with E-state index < -0.39 is 4.92 Å². The maximum Gasteiger partial charge on any atom is 0.289 e. The standard InChI is InChI=1S/C13H16N4O2/c14-8-9-5-6-10(7-13(9)17(18)19)16-12-4-2-1-3-11(12)15/h5-7,11-12,16H,1-4,15H2/t11-,12-/m1/s1. The van der Waals surface area contributed by atoms with Gasteiger partial charge in [-0.1, -0.05) is 12.8 Å². The van der Waals surface area contributed by atoms with Crippen LogP contribution < -0.4 is 11.1 Å². The van der Waals surface area contributed by atoms with Gasteiger partial charge in [0.15, 0.2) is 0 Å². The van der Waals surface area contributed by atoms with Gasteiger partial charge in [-0.05, 0) is 25.0 Å². The Hall–Kier alpha value is -2.13. The third-order valence-corrected chi connectivity index (χ3v) is 3.49. The highest BCUT2D eigenvalue weighted by molar-refractivity contribution is 5.59. The smallest absolute Gasteiger partial charge is 0.289 e. The van der Waals surface area contributed by atoms with Gasteiger partial charge < -0.3 is 11.1 Å². The van der Waals surface area contributed by atoms with E-state index in [0.717, 1.165) is 25.7 Å².